The fraction of sp³-hybridized carbons (Fsp3) is 0.812. The maximum Gasteiger partial charge on any atom is 0.328 e. The molecule has 0 saturated heterocycles. The van der Waals surface area contributed by atoms with Crippen molar-refractivity contribution in [3.63, 3.8) is 0 Å². The Morgan fingerprint density at radius 1 is 0.909 bits per heavy atom. The van der Waals surface area contributed by atoms with Crippen molar-refractivity contribution in [3.05, 3.63) is 0 Å². The molecule has 0 radical (unpaired) electrons. The molecule has 1 atom stereocenters. The van der Waals surface area contributed by atoms with E-state index >= 15 is 0 Å². The molecule has 0 bridgehead atoms. The quantitative estimate of drug-likeness (QED) is 0.441. The van der Waals surface area contributed by atoms with Gasteiger partial charge in [-0.05, 0) is 6.42 Å². The molecule has 128 valence electrons. The fourth-order valence-corrected chi connectivity index (χ4v) is 2.10. The normalized spacial score (nSPS) is 11.6. The van der Waals surface area contributed by atoms with Gasteiger partial charge in [-0.2, -0.15) is 0 Å². The lowest BCUT2D eigenvalue weighted by Gasteiger charge is -2.16. The number of methoxy groups -OCH3 is 2. The molecule has 1 N–H and O–H groups in total. The van der Waals surface area contributed by atoms with Crippen molar-refractivity contribution in [1.82, 2.24) is 5.32 Å². The monoisotopic (exact) mass is 315 g/mol. The number of amides is 1. The van der Waals surface area contributed by atoms with Gasteiger partial charge in [0.2, 0.25) is 5.91 Å². The van der Waals surface area contributed by atoms with Crippen LogP contribution in [0, 0.1) is 0 Å². The second-order valence-corrected chi connectivity index (χ2v) is 5.28. The topological polar surface area (TPSA) is 81.7 Å². The zero-order chi connectivity index (χ0) is 16.8. The minimum absolute atomic E-state index is 0.00719. The summed E-state index contributed by atoms with van der Waals surface area (Å²) in [6.45, 7) is 2.16. The molecule has 6 nitrogen and oxygen atoms in total. The maximum absolute atomic E-state index is 11.7. The summed E-state index contributed by atoms with van der Waals surface area (Å²) >= 11 is 0. The van der Waals surface area contributed by atoms with Crippen LogP contribution in [0.25, 0.3) is 0 Å². The number of carbonyl (C=O) groups is 3. The summed E-state index contributed by atoms with van der Waals surface area (Å²) < 4.78 is 9.19. The molecule has 0 aromatic rings. The molecule has 0 heterocycles. The summed E-state index contributed by atoms with van der Waals surface area (Å²) in [6, 6.07) is -0.638. The number of carbonyl (C=O) groups excluding carboxylic acids is 3. The van der Waals surface area contributed by atoms with E-state index < -0.39 is 18.0 Å². The number of unbranched alkanes of at least 4 members (excludes halogenated alkanes) is 5. The van der Waals surface area contributed by atoms with E-state index in [0.29, 0.717) is 6.42 Å². The molecule has 0 fully saturated rings. The van der Waals surface area contributed by atoms with E-state index in [1.807, 2.05) is 0 Å². The predicted molar refractivity (Wildman–Crippen MR) is 83.2 cm³/mol. The van der Waals surface area contributed by atoms with Gasteiger partial charge in [-0.1, -0.05) is 45.4 Å². The van der Waals surface area contributed by atoms with Gasteiger partial charge < -0.3 is 14.8 Å². The Bertz CT molecular complexity index is 343. The first kappa shape index (κ1) is 20.4. The Morgan fingerprint density at radius 3 is 2.14 bits per heavy atom. The zero-order valence-electron chi connectivity index (χ0n) is 14.0. The standard InChI is InChI=1S/C16H29NO5/c1-4-5-6-7-8-9-10-13(16(20)22-3)17-14(18)11-12-15(19)21-2/h13H,4-12H2,1-3H3,(H,17,18)/t13-/m1/s1. The van der Waals surface area contributed by atoms with Crippen LogP contribution in [0.1, 0.15) is 64.7 Å². The van der Waals surface area contributed by atoms with Crippen LogP contribution in [0.5, 0.6) is 0 Å². The van der Waals surface area contributed by atoms with E-state index in [1.54, 1.807) is 0 Å². The van der Waals surface area contributed by atoms with E-state index in [2.05, 4.69) is 17.0 Å². The van der Waals surface area contributed by atoms with Crippen LogP contribution in [0.3, 0.4) is 0 Å². The minimum atomic E-state index is -0.638. The number of nitrogens with one attached hydrogen (secondary N) is 1. The van der Waals surface area contributed by atoms with Crippen LogP contribution in [0.15, 0.2) is 0 Å². The highest BCUT2D eigenvalue weighted by molar-refractivity contribution is 5.86. The summed E-state index contributed by atoms with van der Waals surface area (Å²) in [5.74, 6) is -1.23. The van der Waals surface area contributed by atoms with Gasteiger partial charge in [0.05, 0.1) is 20.6 Å². The third kappa shape index (κ3) is 10.2. The van der Waals surface area contributed by atoms with Crippen LogP contribution >= 0.6 is 0 Å². The number of hydrogen-bond donors (Lipinski definition) is 1. The van der Waals surface area contributed by atoms with Crippen LogP contribution in [0.4, 0.5) is 0 Å². The average Bonchev–Trinajstić information content (AvgIpc) is 2.53. The summed E-state index contributed by atoms with van der Waals surface area (Å²) in [7, 11) is 2.58. The number of ether oxygens (including phenoxy) is 2. The second kappa shape index (κ2) is 13.1. The maximum atomic E-state index is 11.7. The Morgan fingerprint density at radius 2 is 1.55 bits per heavy atom. The largest absolute Gasteiger partial charge is 0.469 e. The lowest BCUT2D eigenvalue weighted by molar-refractivity contribution is -0.145. The number of hydrogen-bond acceptors (Lipinski definition) is 5. The Hall–Kier alpha value is -1.59. The first-order valence-electron chi connectivity index (χ1n) is 7.99. The van der Waals surface area contributed by atoms with E-state index in [4.69, 9.17) is 4.74 Å². The first-order chi connectivity index (χ1) is 10.5. The van der Waals surface area contributed by atoms with Crippen molar-refractivity contribution in [2.24, 2.45) is 0 Å². The van der Waals surface area contributed by atoms with Gasteiger partial charge in [0.1, 0.15) is 6.04 Å². The van der Waals surface area contributed by atoms with Gasteiger partial charge in [-0.15, -0.1) is 0 Å². The Labute approximate surface area is 132 Å². The summed E-state index contributed by atoms with van der Waals surface area (Å²) in [5.41, 5.74) is 0. The third-order valence-corrected chi connectivity index (χ3v) is 3.45. The van der Waals surface area contributed by atoms with E-state index in [0.717, 1.165) is 19.3 Å². The molecular weight excluding hydrogens is 286 g/mol. The van der Waals surface area contributed by atoms with E-state index in [1.165, 1.54) is 33.5 Å². The lowest BCUT2D eigenvalue weighted by atomic mass is 10.1. The highest BCUT2D eigenvalue weighted by Gasteiger charge is 2.21. The summed E-state index contributed by atoms with van der Waals surface area (Å²) in [6.07, 6.45) is 7.23. The van der Waals surface area contributed by atoms with E-state index in [9.17, 15) is 14.4 Å². The molecular formula is C16H29NO5. The minimum Gasteiger partial charge on any atom is -0.469 e. The van der Waals surface area contributed by atoms with Crippen molar-refractivity contribution in [2.45, 2.75) is 70.8 Å². The van der Waals surface area contributed by atoms with Crippen molar-refractivity contribution < 1.29 is 23.9 Å². The average molecular weight is 315 g/mol. The summed E-state index contributed by atoms with van der Waals surface area (Å²) in [5, 5.41) is 2.63. The Balaban J connectivity index is 4.09. The molecule has 0 unspecified atom stereocenters. The number of esters is 2. The molecule has 0 rings (SSSR count). The van der Waals surface area contributed by atoms with Crippen molar-refractivity contribution in [2.75, 3.05) is 14.2 Å². The highest BCUT2D eigenvalue weighted by atomic mass is 16.5. The lowest BCUT2D eigenvalue weighted by Crippen LogP contribution is -2.41. The van der Waals surface area contributed by atoms with Gasteiger partial charge in [0, 0.05) is 6.42 Å². The molecule has 0 aromatic carbocycles. The third-order valence-electron chi connectivity index (χ3n) is 3.45. The van der Waals surface area contributed by atoms with Gasteiger partial charge in [0.25, 0.3) is 0 Å². The fourth-order valence-electron chi connectivity index (χ4n) is 2.10. The highest BCUT2D eigenvalue weighted by Crippen LogP contribution is 2.10. The molecule has 0 aliphatic heterocycles. The van der Waals surface area contributed by atoms with Gasteiger partial charge in [-0.3, -0.25) is 9.59 Å². The van der Waals surface area contributed by atoms with Crippen LogP contribution in [-0.4, -0.2) is 38.1 Å². The molecule has 0 saturated carbocycles. The molecule has 0 spiro atoms. The smallest absolute Gasteiger partial charge is 0.328 e. The summed E-state index contributed by atoms with van der Waals surface area (Å²) in [4.78, 5) is 34.4. The number of rotatable bonds is 12. The first-order valence-corrected chi connectivity index (χ1v) is 7.99. The SMILES string of the molecule is CCCCCCCC[C@@H](NC(=O)CCC(=O)OC)C(=O)OC. The van der Waals surface area contributed by atoms with Crippen molar-refractivity contribution in [3.8, 4) is 0 Å². The molecule has 6 heteroatoms. The second-order valence-electron chi connectivity index (χ2n) is 5.28. The zero-order valence-corrected chi connectivity index (χ0v) is 14.0. The van der Waals surface area contributed by atoms with Crippen LogP contribution in [-0.2, 0) is 23.9 Å². The molecule has 1 amide bonds. The van der Waals surface area contributed by atoms with Gasteiger partial charge in [0.15, 0.2) is 0 Å². The predicted octanol–water partition coefficient (Wildman–Crippen LogP) is 2.35. The van der Waals surface area contributed by atoms with Crippen molar-refractivity contribution >= 4 is 17.8 Å². The van der Waals surface area contributed by atoms with Crippen LogP contribution in [0.2, 0.25) is 0 Å². The van der Waals surface area contributed by atoms with Gasteiger partial charge in [-0.25, -0.2) is 4.79 Å². The van der Waals surface area contributed by atoms with Crippen LogP contribution < -0.4 is 5.32 Å². The van der Waals surface area contributed by atoms with Crippen molar-refractivity contribution in [1.29, 1.82) is 0 Å². The van der Waals surface area contributed by atoms with E-state index in [-0.39, 0.29) is 18.7 Å². The molecule has 22 heavy (non-hydrogen) atoms. The van der Waals surface area contributed by atoms with Gasteiger partial charge >= 0.3 is 11.9 Å². The Kier molecular flexibility index (Phi) is 12.2. The molecule has 0 aliphatic rings. The molecule has 0 aliphatic carbocycles. The molecule has 0 aromatic heterocycles.